The number of fused-ring (bicyclic) bond motifs is 1. The summed E-state index contributed by atoms with van der Waals surface area (Å²) in [6, 6.07) is 15.6. The predicted molar refractivity (Wildman–Crippen MR) is 110 cm³/mol. The zero-order valence-electron chi connectivity index (χ0n) is 16.6. The fourth-order valence-corrected chi connectivity index (χ4v) is 3.34. The van der Waals surface area contributed by atoms with Crippen LogP contribution in [-0.4, -0.2) is 38.1 Å². The Morgan fingerprint density at radius 3 is 2.57 bits per heavy atom. The molecule has 0 fully saturated rings. The van der Waals surface area contributed by atoms with Gasteiger partial charge in [0.2, 0.25) is 5.91 Å². The molecule has 6 nitrogen and oxygen atoms in total. The molecule has 2 N–H and O–H groups in total. The van der Waals surface area contributed by atoms with Crippen molar-refractivity contribution in [2.24, 2.45) is 0 Å². The van der Waals surface area contributed by atoms with E-state index in [4.69, 9.17) is 4.74 Å². The molecule has 0 aliphatic carbocycles. The van der Waals surface area contributed by atoms with Gasteiger partial charge in [-0.15, -0.1) is 0 Å². The SMILES string of the molecule is CCc1ccc([C@@H](C)NC(=O)CN2C[C@H](C(=O)NC)Oc3ccccc32)cc1. The number of nitrogens with zero attached hydrogens (tertiary/aromatic N) is 1. The molecule has 1 aliphatic rings. The minimum atomic E-state index is -0.647. The van der Waals surface area contributed by atoms with Gasteiger partial charge in [0.1, 0.15) is 5.75 Å². The Hall–Kier alpha value is -3.02. The number of rotatable bonds is 6. The van der Waals surface area contributed by atoms with E-state index in [0.29, 0.717) is 12.3 Å². The summed E-state index contributed by atoms with van der Waals surface area (Å²) in [6.07, 6.45) is 0.343. The Balaban J connectivity index is 1.68. The third-order valence-electron chi connectivity index (χ3n) is 5.00. The van der Waals surface area contributed by atoms with Gasteiger partial charge < -0.3 is 20.3 Å². The molecule has 0 radical (unpaired) electrons. The number of hydrogen-bond donors (Lipinski definition) is 2. The molecule has 6 heteroatoms. The van der Waals surface area contributed by atoms with Gasteiger partial charge in [-0.25, -0.2) is 0 Å². The Bertz CT molecular complexity index is 835. The van der Waals surface area contributed by atoms with E-state index in [9.17, 15) is 9.59 Å². The third kappa shape index (κ3) is 4.44. The van der Waals surface area contributed by atoms with Crippen LogP contribution in [0.2, 0.25) is 0 Å². The molecule has 28 heavy (non-hydrogen) atoms. The molecule has 0 unspecified atom stereocenters. The summed E-state index contributed by atoms with van der Waals surface area (Å²) >= 11 is 0. The average molecular weight is 381 g/mol. The van der Waals surface area contributed by atoms with Crippen molar-refractivity contribution in [1.82, 2.24) is 10.6 Å². The Kier molecular flexibility index (Phi) is 6.19. The summed E-state index contributed by atoms with van der Waals surface area (Å²) < 4.78 is 5.78. The largest absolute Gasteiger partial charge is 0.477 e. The van der Waals surface area contributed by atoms with Crippen molar-refractivity contribution in [2.75, 3.05) is 25.0 Å². The molecular formula is C22H27N3O3. The molecule has 0 bridgehead atoms. The summed E-state index contributed by atoms with van der Waals surface area (Å²) in [7, 11) is 1.58. The van der Waals surface area contributed by atoms with Gasteiger partial charge >= 0.3 is 0 Å². The summed E-state index contributed by atoms with van der Waals surface area (Å²) in [5, 5.41) is 5.66. The van der Waals surface area contributed by atoms with E-state index in [2.05, 4.69) is 41.8 Å². The first-order valence-corrected chi connectivity index (χ1v) is 9.62. The van der Waals surface area contributed by atoms with E-state index in [-0.39, 0.29) is 24.4 Å². The molecule has 0 aromatic heterocycles. The van der Waals surface area contributed by atoms with Crippen LogP contribution in [0.15, 0.2) is 48.5 Å². The topological polar surface area (TPSA) is 70.7 Å². The number of ether oxygens (including phenoxy) is 1. The van der Waals surface area contributed by atoms with Crippen molar-refractivity contribution < 1.29 is 14.3 Å². The van der Waals surface area contributed by atoms with Crippen molar-refractivity contribution in [1.29, 1.82) is 0 Å². The number of amides is 2. The number of hydrogen-bond acceptors (Lipinski definition) is 4. The van der Waals surface area contributed by atoms with Crippen LogP contribution in [0.3, 0.4) is 0 Å². The minimum absolute atomic E-state index is 0.0931. The van der Waals surface area contributed by atoms with Crippen molar-refractivity contribution in [2.45, 2.75) is 32.4 Å². The molecule has 0 saturated carbocycles. The fraction of sp³-hybridized carbons (Fsp3) is 0.364. The molecule has 148 valence electrons. The monoisotopic (exact) mass is 381 g/mol. The number of para-hydroxylation sites is 2. The molecular weight excluding hydrogens is 354 g/mol. The van der Waals surface area contributed by atoms with Gasteiger partial charge in [-0.2, -0.15) is 0 Å². The highest BCUT2D eigenvalue weighted by atomic mass is 16.5. The number of carbonyl (C=O) groups is 2. The average Bonchev–Trinajstić information content (AvgIpc) is 2.73. The zero-order chi connectivity index (χ0) is 20.1. The first-order valence-electron chi connectivity index (χ1n) is 9.62. The lowest BCUT2D eigenvalue weighted by atomic mass is 10.0. The smallest absolute Gasteiger partial charge is 0.262 e. The molecule has 2 aromatic carbocycles. The highest BCUT2D eigenvalue weighted by molar-refractivity contribution is 5.86. The van der Waals surface area contributed by atoms with Gasteiger partial charge in [0.15, 0.2) is 6.10 Å². The van der Waals surface area contributed by atoms with Gasteiger partial charge in [-0.3, -0.25) is 9.59 Å². The fourth-order valence-electron chi connectivity index (χ4n) is 3.34. The van der Waals surface area contributed by atoms with Crippen LogP contribution in [0.25, 0.3) is 0 Å². The van der Waals surface area contributed by atoms with Crippen LogP contribution < -0.4 is 20.3 Å². The van der Waals surface area contributed by atoms with Gasteiger partial charge in [0.25, 0.3) is 5.91 Å². The van der Waals surface area contributed by atoms with Crippen molar-refractivity contribution in [3.63, 3.8) is 0 Å². The van der Waals surface area contributed by atoms with E-state index in [1.54, 1.807) is 7.05 Å². The lowest BCUT2D eigenvalue weighted by Crippen LogP contribution is -2.50. The number of carbonyl (C=O) groups excluding carboxylic acids is 2. The van der Waals surface area contributed by atoms with Gasteiger partial charge in [-0.1, -0.05) is 43.3 Å². The Labute approximate surface area is 165 Å². The zero-order valence-corrected chi connectivity index (χ0v) is 16.6. The van der Waals surface area contributed by atoms with Crippen LogP contribution >= 0.6 is 0 Å². The standard InChI is InChI=1S/C22H27N3O3/c1-4-16-9-11-17(12-10-16)15(2)24-21(26)14-25-13-20(22(27)23-3)28-19-8-6-5-7-18(19)25/h5-12,15,20H,4,13-14H2,1-3H3,(H,23,27)(H,24,26)/t15-,20-/m1/s1. The lowest BCUT2D eigenvalue weighted by Gasteiger charge is -2.35. The molecule has 3 rings (SSSR count). The minimum Gasteiger partial charge on any atom is -0.477 e. The normalized spacial score (nSPS) is 16.5. The second kappa shape index (κ2) is 8.78. The number of aryl methyl sites for hydroxylation is 1. The van der Waals surface area contributed by atoms with Crippen molar-refractivity contribution in [3.8, 4) is 5.75 Å². The molecule has 1 heterocycles. The quantitative estimate of drug-likeness (QED) is 0.806. The van der Waals surface area contributed by atoms with Crippen LogP contribution in [0.1, 0.15) is 31.0 Å². The maximum atomic E-state index is 12.7. The Morgan fingerprint density at radius 2 is 1.89 bits per heavy atom. The third-order valence-corrected chi connectivity index (χ3v) is 5.00. The second-order valence-electron chi connectivity index (χ2n) is 6.95. The summed E-state index contributed by atoms with van der Waals surface area (Å²) in [6.45, 7) is 4.57. The number of likely N-dealkylation sites (N-methyl/N-ethyl adjacent to an activating group) is 1. The van der Waals surface area contributed by atoms with Crippen molar-refractivity contribution >= 4 is 17.5 Å². The first-order chi connectivity index (χ1) is 13.5. The van der Waals surface area contributed by atoms with Crippen LogP contribution in [-0.2, 0) is 16.0 Å². The first kappa shape index (κ1) is 19.7. The molecule has 2 amide bonds. The summed E-state index contributed by atoms with van der Waals surface area (Å²) in [5.74, 6) is 0.307. The molecule has 1 aliphatic heterocycles. The van der Waals surface area contributed by atoms with Crippen LogP contribution in [0, 0.1) is 0 Å². The highest BCUT2D eigenvalue weighted by Crippen LogP contribution is 2.32. The molecule has 2 aromatic rings. The van der Waals surface area contributed by atoms with E-state index in [1.807, 2.05) is 36.1 Å². The van der Waals surface area contributed by atoms with Gasteiger partial charge in [-0.05, 0) is 36.6 Å². The van der Waals surface area contributed by atoms with E-state index < -0.39 is 6.10 Å². The number of nitrogens with one attached hydrogen (secondary N) is 2. The highest BCUT2D eigenvalue weighted by Gasteiger charge is 2.31. The number of benzene rings is 2. The maximum Gasteiger partial charge on any atom is 0.262 e. The van der Waals surface area contributed by atoms with Gasteiger partial charge in [0.05, 0.1) is 24.8 Å². The maximum absolute atomic E-state index is 12.7. The number of anilines is 1. The van der Waals surface area contributed by atoms with Gasteiger partial charge in [0, 0.05) is 7.05 Å². The summed E-state index contributed by atoms with van der Waals surface area (Å²) in [5.41, 5.74) is 3.15. The molecule has 0 spiro atoms. The second-order valence-corrected chi connectivity index (χ2v) is 6.95. The van der Waals surface area contributed by atoms with E-state index in [1.165, 1.54) is 5.56 Å². The summed E-state index contributed by atoms with van der Waals surface area (Å²) in [4.78, 5) is 26.6. The molecule has 0 saturated heterocycles. The lowest BCUT2D eigenvalue weighted by molar-refractivity contribution is -0.127. The van der Waals surface area contributed by atoms with E-state index >= 15 is 0 Å². The van der Waals surface area contributed by atoms with Crippen LogP contribution in [0.4, 0.5) is 5.69 Å². The Morgan fingerprint density at radius 1 is 1.18 bits per heavy atom. The van der Waals surface area contributed by atoms with Crippen LogP contribution in [0.5, 0.6) is 5.75 Å². The van der Waals surface area contributed by atoms with E-state index in [0.717, 1.165) is 17.7 Å². The van der Waals surface area contributed by atoms with Crippen molar-refractivity contribution in [3.05, 3.63) is 59.7 Å². The molecule has 2 atom stereocenters. The predicted octanol–water partition coefficient (Wildman–Crippen LogP) is 2.44.